The van der Waals surface area contributed by atoms with Gasteiger partial charge in [0.05, 0.1) is 6.54 Å². The molecule has 1 atom stereocenters. The Labute approximate surface area is 94.3 Å². The molecule has 0 radical (unpaired) electrons. The molecule has 1 amide bonds. The van der Waals surface area contributed by atoms with Gasteiger partial charge in [-0.3, -0.25) is 4.79 Å². The number of halogens is 1. The summed E-state index contributed by atoms with van der Waals surface area (Å²) in [7, 11) is 1.79. The van der Waals surface area contributed by atoms with E-state index in [1.807, 2.05) is 6.07 Å². The fourth-order valence-electron chi connectivity index (χ4n) is 1.95. The smallest absolute Gasteiger partial charge is 0.236 e. The first kappa shape index (κ1) is 11.1. The zero-order chi connectivity index (χ0) is 11.5. The number of carbonyl (C=O) groups excluding carboxylic acids is 1. The molecule has 1 N–H and O–H groups in total. The first-order valence-electron chi connectivity index (χ1n) is 5.37. The third-order valence-electron chi connectivity index (χ3n) is 2.83. The lowest BCUT2D eigenvalue weighted by Crippen LogP contribution is -2.53. The summed E-state index contributed by atoms with van der Waals surface area (Å²) in [6, 6.07) is 6.80. The number of hydrogen-bond acceptors (Lipinski definition) is 2. The normalized spacial score (nSPS) is 21.2. The Morgan fingerprint density at radius 1 is 1.56 bits per heavy atom. The van der Waals surface area contributed by atoms with E-state index in [2.05, 4.69) is 5.32 Å². The van der Waals surface area contributed by atoms with Gasteiger partial charge in [0.25, 0.3) is 0 Å². The molecule has 1 aromatic carbocycles. The second-order valence-electron chi connectivity index (χ2n) is 4.19. The Hall–Kier alpha value is -1.42. The highest BCUT2D eigenvalue weighted by Gasteiger charge is 2.21. The van der Waals surface area contributed by atoms with Crippen molar-refractivity contribution in [1.29, 1.82) is 0 Å². The number of rotatable bonds is 2. The number of piperazine rings is 1. The predicted molar refractivity (Wildman–Crippen MR) is 59.5 cm³/mol. The molecule has 0 saturated carbocycles. The van der Waals surface area contributed by atoms with Crippen LogP contribution in [-0.4, -0.2) is 37.0 Å². The minimum atomic E-state index is -0.210. The van der Waals surface area contributed by atoms with Crippen LogP contribution in [0.5, 0.6) is 0 Å². The van der Waals surface area contributed by atoms with Crippen LogP contribution in [0.15, 0.2) is 24.3 Å². The van der Waals surface area contributed by atoms with E-state index in [1.54, 1.807) is 18.0 Å². The number of likely N-dealkylation sites (N-methyl/N-ethyl adjacent to an activating group) is 1. The van der Waals surface area contributed by atoms with Crippen molar-refractivity contribution in [1.82, 2.24) is 10.2 Å². The standard InChI is InChI=1S/C12H15FN2O/c1-15-8-11(14-7-12(15)16)6-9-3-2-4-10(13)5-9/h2-5,11,14H,6-8H2,1H3. The molecule has 1 aromatic rings. The van der Waals surface area contributed by atoms with E-state index in [9.17, 15) is 9.18 Å². The van der Waals surface area contributed by atoms with Crippen LogP contribution in [0.25, 0.3) is 0 Å². The Morgan fingerprint density at radius 2 is 2.38 bits per heavy atom. The van der Waals surface area contributed by atoms with Crippen molar-refractivity contribution in [2.75, 3.05) is 20.1 Å². The van der Waals surface area contributed by atoms with Gasteiger partial charge in [0.2, 0.25) is 5.91 Å². The van der Waals surface area contributed by atoms with Gasteiger partial charge in [-0.15, -0.1) is 0 Å². The van der Waals surface area contributed by atoms with Crippen molar-refractivity contribution < 1.29 is 9.18 Å². The first-order chi connectivity index (χ1) is 7.65. The lowest BCUT2D eigenvalue weighted by molar-refractivity contribution is -0.131. The van der Waals surface area contributed by atoms with Crippen molar-refractivity contribution in [3.8, 4) is 0 Å². The number of nitrogens with zero attached hydrogens (tertiary/aromatic N) is 1. The lowest BCUT2D eigenvalue weighted by Gasteiger charge is -2.30. The largest absolute Gasteiger partial charge is 0.343 e. The molecule has 16 heavy (non-hydrogen) atoms. The number of hydrogen-bond donors (Lipinski definition) is 1. The second kappa shape index (κ2) is 4.61. The van der Waals surface area contributed by atoms with Crippen LogP contribution >= 0.6 is 0 Å². The molecule has 0 bridgehead atoms. The van der Waals surface area contributed by atoms with Gasteiger partial charge in [-0.05, 0) is 24.1 Å². The molecule has 2 rings (SSSR count). The topological polar surface area (TPSA) is 32.3 Å². The monoisotopic (exact) mass is 222 g/mol. The van der Waals surface area contributed by atoms with E-state index in [4.69, 9.17) is 0 Å². The maximum absolute atomic E-state index is 13.0. The molecule has 86 valence electrons. The molecule has 1 aliphatic rings. The van der Waals surface area contributed by atoms with Crippen LogP contribution in [0.2, 0.25) is 0 Å². The van der Waals surface area contributed by atoms with Crippen LogP contribution in [-0.2, 0) is 11.2 Å². The van der Waals surface area contributed by atoms with Gasteiger partial charge in [-0.2, -0.15) is 0 Å². The Balaban J connectivity index is 1.98. The van der Waals surface area contributed by atoms with Crippen LogP contribution < -0.4 is 5.32 Å². The Morgan fingerprint density at radius 3 is 3.06 bits per heavy atom. The summed E-state index contributed by atoms with van der Waals surface area (Å²) in [4.78, 5) is 13.0. The number of nitrogens with one attached hydrogen (secondary N) is 1. The van der Waals surface area contributed by atoms with E-state index in [0.717, 1.165) is 12.0 Å². The fourth-order valence-corrected chi connectivity index (χ4v) is 1.95. The predicted octanol–water partition coefficient (Wildman–Crippen LogP) is 0.798. The quantitative estimate of drug-likeness (QED) is 0.802. The molecule has 4 heteroatoms. The van der Waals surface area contributed by atoms with Crippen molar-refractivity contribution >= 4 is 5.91 Å². The minimum Gasteiger partial charge on any atom is -0.343 e. The van der Waals surface area contributed by atoms with E-state index in [1.165, 1.54) is 12.1 Å². The van der Waals surface area contributed by atoms with Crippen molar-refractivity contribution in [2.24, 2.45) is 0 Å². The third kappa shape index (κ3) is 2.58. The zero-order valence-corrected chi connectivity index (χ0v) is 9.24. The maximum Gasteiger partial charge on any atom is 0.236 e. The lowest BCUT2D eigenvalue weighted by atomic mass is 10.0. The molecule has 1 heterocycles. The molecule has 1 fully saturated rings. The Kier molecular flexibility index (Phi) is 3.19. The highest BCUT2D eigenvalue weighted by atomic mass is 19.1. The summed E-state index contributed by atoms with van der Waals surface area (Å²) in [5.41, 5.74) is 0.959. The highest BCUT2D eigenvalue weighted by molar-refractivity contribution is 5.78. The summed E-state index contributed by atoms with van der Waals surface area (Å²) in [6.07, 6.45) is 0.745. The third-order valence-corrected chi connectivity index (χ3v) is 2.83. The molecular weight excluding hydrogens is 207 g/mol. The molecule has 1 unspecified atom stereocenters. The summed E-state index contributed by atoms with van der Waals surface area (Å²) >= 11 is 0. The van der Waals surface area contributed by atoms with Gasteiger partial charge >= 0.3 is 0 Å². The van der Waals surface area contributed by atoms with Crippen molar-refractivity contribution in [2.45, 2.75) is 12.5 Å². The van der Waals surface area contributed by atoms with E-state index in [0.29, 0.717) is 13.1 Å². The number of carbonyl (C=O) groups is 1. The average Bonchev–Trinajstić information content (AvgIpc) is 2.24. The van der Waals surface area contributed by atoms with Gasteiger partial charge in [0.1, 0.15) is 5.82 Å². The van der Waals surface area contributed by atoms with Crippen molar-refractivity contribution in [3.05, 3.63) is 35.6 Å². The second-order valence-corrected chi connectivity index (χ2v) is 4.19. The maximum atomic E-state index is 13.0. The van der Waals surface area contributed by atoms with E-state index >= 15 is 0 Å². The molecule has 3 nitrogen and oxygen atoms in total. The van der Waals surface area contributed by atoms with Crippen LogP contribution in [0.3, 0.4) is 0 Å². The summed E-state index contributed by atoms with van der Waals surface area (Å²) < 4.78 is 13.0. The molecule has 0 spiro atoms. The number of amides is 1. The van der Waals surface area contributed by atoms with Gasteiger partial charge in [0.15, 0.2) is 0 Å². The van der Waals surface area contributed by atoms with Gasteiger partial charge in [-0.1, -0.05) is 12.1 Å². The minimum absolute atomic E-state index is 0.107. The van der Waals surface area contributed by atoms with Crippen LogP contribution in [0.4, 0.5) is 4.39 Å². The van der Waals surface area contributed by atoms with Gasteiger partial charge in [-0.25, -0.2) is 4.39 Å². The van der Waals surface area contributed by atoms with Crippen molar-refractivity contribution in [3.63, 3.8) is 0 Å². The zero-order valence-electron chi connectivity index (χ0n) is 9.24. The molecule has 0 aromatic heterocycles. The summed E-state index contributed by atoms with van der Waals surface area (Å²) in [5, 5.41) is 3.15. The first-order valence-corrected chi connectivity index (χ1v) is 5.37. The fraction of sp³-hybridized carbons (Fsp3) is 0.417. The SMILES string of the molecule is CN1CC(Cc2cccc(F)c2)NCC1=O. The summed E-state index contributed by atoms with van der Waals surface area (Å²) in [5.74, 6) is -0.103. The molecule has 1 aliphatic heterocycles. The van der Waals surface area contributed by atoms with Gasteiger partial charge < -0.3 is 10.2 Å². The van der Waals surface area contributed by atoms with E-state index in [-0.39, 0.29) is 17.8 Å². The Bertz CT molecular complexity index is 394. The summed E-state index contributed by atoms with van der Waals surface area (Å²) in [6.45, 7) is 1.05. The molecule has 1 saturated heterocycles. The average molecular weight is 222 g/mol. The number of benzene rings is 1. The van der Waals surface area contributed by atoms with Crippen LogP contribution in [0.1, 0.15) is 5.56 Å². The highest BCUT2D eigenvalue weighted by Crippen LogP contribution is 2.09. The van der Waals surface area contributed by atoms with Gasteiger partial charge in [0, 0.05) is 19.6 Å². The van der Waals surface area contributed by atoms with Crippen LogP contribution in [0, 0.1) is 5.82 Å². The molecule has 0 aliphatic carbocycles. The van der Waals surface area contributed by atoms with E-state index < -0.39 is 0 Å². The molecular formula is C12H15FN2O.